The molecule has 1 saturated carbocycles. The van der Waals surface area contributed by atoms with Crippen LogP contribution in [0.1, 0.15) is 35.6 Å². The van der Waals surface area contributed by atoms with Crippen LogP contribution < -0.4 is 4.74 Å². The lowest BCUT2D eigenvalue weighted by molar-refractivity contribution is -0.178. The zero-order chi connectivity index (χ0) is 45.3. The van der Waals surface area contributed by atoms with E-state index in [1.165, 1.54) is 36.4 Å². The summed E-state index contributed by atoms with van der Waals surface area (Å²) >= 11 is 0. The van der Waals surface area contributed by atoms with E-state index < -0.39 is 23.5 Å². The molecule has 1 fully saturated rings. The van der Waals surface area contributed by atoms with Gasteiger partial charge in [0.15, 0.2) is 39.9 Å². The number of phenolic OH excluding ortho intramolecular Hbond substituents is 6. The van der Waals surface area contributed by atoms with Crippen molar-refractivity contribution in [3.63, 3.8) is 0 Å². The van der Waals surface area contributed by atoms with Gasteiger partial charge in [-0.1, -0.05) is 30.3 Å². The highest BCUT2D eigenvalue weighted by Crippen LogP contribution is 2.45. The lowest BCUT2D eigenvalue weighted by atomic mass is 9.66. The number of aliphatic carboxylic acids is 2. The summed E-state index contributed by atoms with van der Waals surface area (Å²) in [5.74, 6) is -4.36. The van der Waals surface area contributed by atoms with Crippen LogP contribution in [0.3, 0.4) is 0 Å². The number of benzene rings is 4. The summed E-state index contributed by atoms with van der Waals surface area (Å²) in [6.45, 7) is 0. The van der Waals surface area contributed by atoms with E-state index in [1.807, 2.05) is 48.6 Å². The molecule has 10 rings (SSSR count). The van der Waals surface area contributed by atoms with Gasteiger partial charge >= 0.3 is 11.9 Å². The summed E-state index contributed by atoms with van der Waals surface area (Å²) in [5.41, 5.74) is 6.96. The summed E-state index contributed by atoms with van der Waals surface area (Å²) in [6, 6.07) is 27.8. The molecule has 4 aromatic carbocycles. The first-order valence-electron chi connectivity index (χ1n) is 20.2. The third-order valence-corrected chi connectivity index (χ3v) is 12.0. The number of H-pyrrole nitrogens is 2. The van der Waals surface area contributed by atoms with Crippen molar-refractivity contribution < 1.29 is 55.2 Å². The Bertz CT molecular complexity index is 3330. The van der Waals surface area contributed by atoms with Gasteiger partial charge in [-0.2, -0.15) is 0 Å². The number of hydrogen-bond donors (Lipinski definition) is 10. The number of hydrogen-bond acceptors (Lipinski definition) is 11. The van der Waals surface area contributed by atoms with E-state index in [9.17, 15) is 50.4 Å². The molecule has 0 saturated heterocycles. The smallest absolute Gasteiger partial charge is 0.321 e. The number of rotatable bonds is 8. The van der Waals surface area contributed by atoms with Gasteiger partial charge in [-0.05, 0) is 119 Å². The molecule has 10 N–H and O–H groups in total. The predicted octanol–water partition coefficient (Wildman–Crippen LogP) is 9.25. The number of carbonyl (C=O) groups is 2. The normalized spacial score (nSPS) is 14.0. The van der Waals surface area contributed by atoms with Gasteiger partial charge in [-0.3, -0.25) is 9.59 Å². The number of aromatic hydroxyl groups is 6. The average molecular weight is 869 g/mol. The lowest BCUT2D eigenvalue weighted by Crippen LogP contribution is -2.54. The van der Waals surface area contributed by atoms with E-state index >= 15 is 0 Å². The van der Waals surface area contributed by atoms with Crippen molar-refractivity contribution in [3.8, 4) is 84.8 Å². The van der Waals surface area contributed by atoms with Crippen molar-refractivity contribution in [3.05, 3.63) is 126 Å². The van der Waals surface area contributed by atoms with Crippen LogP contribution in [0.25, 0.3) is 90.9 Å². The van der Waals surface area contributed by atoms with Crippen molar-refractivity contribution in [2.45, 2.75) is 18.9 Å². The molecule has 15 nitrogen and oxygen atoms in total. The fourth-order valence-electron chi connectivity index (χ4n) is 8.59. The van der Waals surface area contributed by atoms with Crippen molar-refractivity contribution in [1.82, 2.24) is 19.9 Å². The van der Waals surface area contributed by atoms with Gasteiger partial charge in [0.05, 0.1) is 22.8 Å². The highest BCUT2D eigenvalue weighted by Gasteiger charge is 2.58. The molecule has 0 radical (unpaired) electrons. The second-order valence-corrected chi connectivity index (χ2v) is 16.0. The van der Waals surface area contributed by atoms with Crippen molar-refractivity contribution in [2.75, 3.05) is 0 Å². The maximum atomic E-state index is 11.8. The van der Waals surface area contributed by atoms with Gasteiger partial charge in [0.25, 0.3) is 0 Å². The predicted molar refractivity (Wildman–Crippen MR) is 242 cm³/mol. The quantitative estimate of drug-likeness (QED) is 0.0505. The zero-order valence-corrected chi connectivity index (χ0v) is 33.8. The van der Waals surface area contributed by atoms with Crippen LogP contribution >= 0.6 is 0 Å². The standard InChI is InChI=1S/C50H36N4O11/c55-38-16-3-25(19-41(38)58)45-32-10-8-30(51-32)44(24-1-6-28(7-2-24)65-29-22-50(23-29,48(61)62)49(63)64)31-9-11-33(52-31)46(26-4-17-39(56)42(59)20-26)35-13-15-37(54-35)47(36-14-12-34(45)53-36)27-5-18-40(57)43(60)21-27/h1-21,29,51,54-60H,22-23H2,(H,61,62)(H,63,64). The Kier molecular flexibility index (Phi) is 9.34. The molecule has 1 aliphatic carbocycles. The molecule has 3 aromatic heterocycles. The van der Waals surface area contributed by atoms with Crippen LogP contribution in [0.2, 0.25) is 0 Å². The minimum Gasteiger partial charge on any atom is -0.504 e. The molecule has 0 atom stereocenters. The largest absolute Gasteiger partial charge is 0.504 e. The third-order valence-electron chi connectivity index (χ3n) is 12.0. The highest BCUT2D eigenvalue weighted by atomic mass is 16.5. The minimum absolute atomic E-state index is 0.181. The van der Waals surface area contributed by atoms with Crippen molar-refractivity contribution >= 4 is 58.3 Å². The molecule has 322 valence electrons. The molecule has 65 heavy (non-hydrogen) atoms. The first-order chi connectivity index (χ1) is 31.3. The number of aromatic amines is 2. The van der Waals surface area contributed by atoms with Gasteiger partial charge in [-0.25, -0.2) is 9.97 Å². The molecular formula is C50H36N4O11. The Morgan fingerprint density at radius 1 is 0.462 bits per heavy atom. The van der Waals surface area contributed by atoms with Gasteiger partial charge in [0.1, 0.15) is 11.9 Å². The van der Waals surface area contributed by atoms with Crippen molar-refractivity contribution in [1.29, 1.82) is 0 Å². The Labute approximate surface area is 367 Å². The van der Waals surface area contributed by atoms with Crippen molar-refractivity contribution in [2.24, 2.45) is 5.41 Å². The van der Waals surface area contributed by atoms with Gasteiger partial charge < -0.3 is 55.6 Å². The van der Waals surface area contributed by atoms with E-state index in [4.69, 9.17) is 14.7 Å². The van der Waals surface area contributed by atoms with Gasteiger partial charge in [-0.15, -0.1) is 0 Å². The first-order valence-corrected chi connectivity index (χ1v) is 20.2. The van der Waals surface area contributed by atoms with E-state index in [-0.39, 0.29) is 47.3 Å². The number of nitrogens with zero attached hydrogens (tertiary/aromatic N) is 2. The Hall–Kier alpha value is -8.98. The molecule has 0 amide bonds. The molecule has 0 unspecified atom stereocenters. The number of nitrogens with one attached hydrogen (secondary N) is 2. The number of phenols is 6. The summed E-state index contributed by atoms with van der Waals surface area (Å²) < 4.78 is 6.02. The maximum absolute atomic E-state index is 11.8. The number of ether oxygens (including phenoxy) is 1. The Morgan fingerprint density at radius 2 is 0.785 bits per heavy atom. The van der Waals surface area contributed by atoms with Crippen LogP contribution in [-0.4, -0.2) is 78.8 Å². The van der Waals surface area contributed by atoms with Gasteiger partial charge in [0.2, 0.25) is 0 Å². The van der Waals surface area contributed by atoms with Crippen LogP contribution in [0.4, 0.5) is 0 Å². The molecule has 3 aliphatic rings. The molecule has 7 aromatic rings. The van der Waals surface area contributed by atoms with E-state index in [0.29, 0.717) is 95.1 Å². The monoisotopic (exact) mass is 868 g/mol. The Morgan fingerprint density at radius 3 is 1.11 bits per heavy atom. The van der Waals surface area contributed by atoms with Gasteiger partial charge in [0, 0.05) is 57.2 Å². The maximum Gasteiger partial charge on any atom is 0.321 e. The minimum atomic E-state index is -1.89. The van der Waals surface area contributed by atoms with E-state index in [2.05, 4.69) is 9.97 Å². The third kappa shape index (κ3) is 6.87. The SMILES string of the molecule is O=C(O)C1(C(=O)O)CC(Oc2ccc(-c3c4nc(c(-c5ccc(O)c(O)c5)c5ccc([nH]5)c(-c5ccc(O)c(O)c5)c5nc(c(-c6ccc(O)c(O)c6)c6ccc3[nH]6)C=C5)C=C4)cc2)C1. The highest BCUT2D eigenvalue weighted by molar-refractivity contribution is 6.01. The molecule has 2 aliphatic heterocycles. The molecule has 15 heteroatoms. The number of carboxylic acid groups (broad SMARTS) is 2. The van der Waals surface area contributed by atoms with Crippen LogP contribution in [0.15, 0.2) is 103 Å². The van der Waals surface area contributed by atoms with E-state index in [0.717, 1.165) is 0 Å². The molecule has 5 heterocycles. The number of fused-ring (bicyclic) bond motifs is 8. The first kappa shape index (κ1) is 40.1. The summed E-state index contributed by atoms with van der Waals surface area (Å²) in [7, 11) is 0. The topological polar surface area (TPSA) is 263 Å². The van der Waals surface area contributed by atoms with Crippen LogP contribution in [-0.2, 0) is 9.59 Å². The zero-order valence-electron chi connectivity index (χ0n) is 33.8. The fourth-order valence-corrected chi connectivity index (χ4v) is 8.59. The second-order valence-electron chi connectivity index (χ2n) is 16.0. The lowest BCUT2D eigenvalue weighted by Gasteiger charge is -2.40. The molecule has 0 spiro atoms. The van der Waals surface area contributed by atoms with Crippen LogP contribution in [0.5, 0.6) is 40.2 Å². The summed E-state index contributed by atoms with van der Waals surface area (Å²) in [6.07, 6.45) is 6.30. The summed E-state index contributed by atoms with van der Waals surface area (Å²) in [4.78, 5) is 40.9. The molecular weight excluding hydrogens is 833 g/mol. The summed E-state index contributed by atoms with van der Waals surface area (Å²) in [5, 5.41) is 82.1. The van der Waals surface area contributed by atoms with E-state index in [1.54, 1.807) is 42.5 Å². The fraction of sp³-hybridized carbons (Fsp3) is 0.0800. The van der Waals surface area contributed by atoms with Crippen LogP contribution in [0, 0.1) is 5.41 Å². The number of aromatic nitrogens is 4. The second kappa shape index (κ2) is 15.1. The Balaban J connectivity index is 1.25. The number of carboxylic acids is 2. The average Bonchev–Trinajstić information content (AvgIpc) is 4.11. The molecule has 8 bridgehead atoms.